The van der Waals surface area contributed by atoms with Crippen LogP contribution in [-0.2, 0) is 4.74 Å². The molecule has 0 bridgehead atoms. The van der Waals surface area contributed by atoms with Crippen LogP contribution in [0.5, 0.6) is 0 Å². The number of para-hydroxylation sites is 1. The molecular weight excluding hydrogens is 221 g/mol. The van der Waals surface area contributed by atoms with Crippen LogP contribution >= 0.6 is 0 Å². The molecule has 3 nitrogen and oxygen atoms in total. The molecule has 4 heteroatoms. The molecule has 1 saturated heterocycles. The van der Waals surface area contributed by atoms with Crippen molar-refractivity contribution >= 4 is 5.69 Å². The lowest BCUT2D eigenvalue weighted by atomic mass is 10.1. The average molecular weight is 239 g/mol. The molecule has 1 heterocycles. The third kappa shape index (κ3) is 2.58. The molecule has 1 aromatic carbocycles. The first-order valence-corrected chi connectivity index (χ1v) is 5.92. The van der Waals surface area contributed by atoms with E-state index in [9.17, 15) is 9.50 Å². The van der Waals surface area contributed by atoms with Crippen molar-refractivity contribution in [3.63, 3.8) is 0 Å². The van der Waals surface area contributed by atoms with E-state index in [1.165, 1.54) is 6.07 Å². The number of benzene rings is 1. The van der Waals surface area contributed by atoms with E-state index in [4.69, 9.17) is 4.74 Å². The fourth-order valence-corrected chi connectivity index (χ4v) is 2.22. The first-order valence-electron chi connectivity index (χ1n) is 5.92. The number of anilines is 1. The van der Waals surface area contributed by atoms with Gasteiger partial charge in [0.25, 0.3) is 0 Å². The highest BCUT2D eigenvalue weighted by Crippen LogP contribution is 2.30. The fraction of sp³-hybridized carbons (Fsp3) is 0.538. The van der Waals surface area contributed by atoms with Crippen LogP contribution in [-0.4, -0.2) is 30.9 Å². The summed E-state index contributed by atoms with van der Waals surface area (Å²) < 4.78 is 19.4. The Labute approximate surface area is 101 Å². The largest absolute Gasteiger partial charge is 0.389 e. The van der Waals surface area contributed by atoms with Crippen molar-refractivity contribution < 1.29 is 14.2 Å². The zero-order chi connectivity index (χ0) is 12.4. The Morgan fingerprint density at radius 1 is 1.53 bits per heavy atom. The van der Waals surface area contributed by atoms with Gasteiger partial charge in [-0.25, -0.2) is 4.39 Å². The second-order valence-electron chi connectivity index (χ2n) is 4.48. The smallest absolute Gasteiger partial charge is 0.146 e. The van der Waals surface area contributed by atoms with Crippen molar-refractivity contribution in [1.29, 1.82) is 0 Å². The maximum atomic E-state index is 13.9. The summed E-state index contributed by atoms with van der Waals surface area (Å²) in [5.41, 5.74) is 1.15. The van der Waals surface area contributed by atoms with Gasteiger partial charge in [-0.05, 0) is 19.9 Å². The van der Waals surface area contributed by atoms with Gasteiger partial charge in [-0.3, -0.25) is 0 Å². The molecule has 0 aromatic heterocycles. The maximum Gasteiger partial charge on any atom is 0.146 e. The number of morpholine rings is 1. The van der Waals surface area contributed by atoms with E-state index < -0.39 is 6.10 Å². The lowest BCUT2D eigenvalue weighted by molar-refractivity contribution is 0.0527. The summed E-state index contributed by atoms with van der Waals surface area (Å²) in [5, 5.41) is 9.70. The van der Waals surface area contributed by atoms with Gasteiger partial charge in [-0.2, -0.15) is 0 Å². The minimum Gasteiger partial charge on any atom is -0.389 e. The molecule has 0 spiro atoms. The van der Waals surface area contributed by atoms with Gasteiger partial charge < -0.3 is 14.7 Å². The highest BCUT2D eigenvalue weighted by Gasteiger charge is 2.23. The topological polar surface area (TPSA) is 32.7 Å². The second kappa shape index (κ2) is 5.02. The summed E-state index contributed by atoms with van der Waals surface area (Å²) in [6.07, 6.45) is -0.580. The Bertz CT molecular complexity index is 395. The van der Waals surface area contributed by atoms with Crippen LogP contribution in [0.4, 0.5) is 10.1 Å². The Balaban J connectivity index is 2.35. The molecule has 0 amide bonds. The minimum absolute atomic E-state index is 0.0882. The van der Waals surface area contributed by atoms with Crippen molar-refractivity contribution in [2.75, 3.05) is 24.6 Å². The third-order valence-electron chi connectivity index (χ3n) is 3.03. The standard InChI is InChI=1S/C13H18FNO2/c1-9-8-15(6-7-17-9)13-11(10(2)16)4-3-5-12(13)14/h3-5,9-10,16H,6-8H2,1-2H3/t9?,10-/m1/s1. The van der Waals surface area contributed by atoms with Crippen LogP contribution in [0.3, 0.4) is 0 Å². The second-order valence-corrected chi connectivity index (χ2v) is 4.48. The van der Waals surface area contributed by atoms with E-state index in [2.05, 4.69) is 0 Å². The number of hydrogen-bond acceptors (Lipinski definition) is 3. The van der Waals surface area contributed by atoms with Gasteiger partial charge in [0.05, 0.1) is 24.5 Å². The summed E-state index contributed by atoms with van der Waals surface area (Å²) in [7, 11) is 0. The molecule has 1 aromatic rings. The molecule has 0 saturated carbocycles. The van der Waals surface area contributed by atoms with Gasteiger partial charge in [0.2, 0.25) is 0 Å². The number of rotatable bonds is 2. The summed E-state index contributed by atoms with van der Waals surface area (Å²) in [4.78, 5) is 1.95. The molecule has 1 aliphatic rings. The van der Waals surface area contributed by atoms with Gasteiger partial charge >= 0.3 is 0 Å². The molecule has 1 fully saturated rings. The van der Waals surface area contributed by atoms with E-state index in [1.807, 2.05) is 11.8 Å². The highest BCUT2D eigenvalue weighted by molar-refractivity contribution is 5.56. The van der Waals surface area contributed by atoms with Crippen molar-refractivity contribution in [1.82, 2.24) is 0 Å². The predicted octanol–water partition coefficient (Wildman–Crippen LogP) is 2.10. The molecule has 0 aliphatic carbocycles. The molecule has 0 radical (unpaired) electrons. The fourth-order valence-electron chi connectivity index (χ4n) is 2.22. The quantitative estimate of drug-likeness (QED) is 0.858. The monoisotopic (exact) mass is 239 g/mol. The molecular formula is C13H18FNO2. The van der Waals surface area contributed by atoms with Gasteiger partial charge in [0.15, 0.2) is 0 Å². The van der Waals surface area contributed by atoms with Crippen LogP contribution in [0.2, 0.25) is 0 Å². The number of aliphatic hydroxyl groups excluding tert-OH is 1. The molecule has 1 aliphatic heterocycles. The van der Waals surface area contributed by atoms with Crippen LogP contribution in [0.15, 0.2) is 18.2 Å². The summed E-state index contributed by atoms with van der Waals surface area (Å²) in [5.74, 6) is -0.280. The van der Waals surface area contributed by atoms with Gasteiger partial charge in [-0.15, -0.1) is 0 Å². The van der Waals surface area contributed by atoms with E-state index in [0.717, 1.165) is 0 Å². The van der Waals surface area contributed by atoms with Crippen LogP contribution < -0.4 is 4.90 Å². The van der Waals surface area contributed by atoms with Crippen molar-refractivity contribution in [2.45, 2.75) is 26.1 Å². The van der Waals surface area contributed by atoms with Crippen LogP contribution in [0.1, 0.15) is 25.5 Å². The SMILES string of the molecule is CC1CN(c2c(F)cccc2[C@@H](C)O)CCO1. The van der Waals surface area contributed by atoms with E-state index in [1.54, 1.807) is 19.1 Å². The zero-order valence-electron chi connectivity index (χ0n) is 10.2. The average Bonchev–Trinajstić information content (AvgIpc) is 2.28. The normalized spacial score (nSPS) is 22.6. The van der Waals surface area contributed by atoms with Crippen molar-refractivity contribution in [2.24, 2.45) is 0 Å². The molecule has 2 atom stereocenters. The predicted molar refractivity (Wildman–Crippen MR) is 64.7 cm³/mol. The van der Waals surface area contributed by atoms with E-state index >= 15 is 0 Å². The first-order chi connectivity index (χ1) is 8.09. The number of hydrogen-bond donors (Lipinski definition) is 1. The van der Waals surface area contributed by atoms with E-state index in [0.29, 0.717) is 30.9 Å². The summed E-state index contributed by atoms with van der Waals surface area (Å²) >= 11 is 0. The third-order valence-corrected chi connectivity index (χ3v) is 3.03. The Morgan fingerprint density at radius 3 is 2.94 bits per heavy atom. The first kappa shape index (κ1) is 12.3. The summed E-state index contributed by atoms with van der Waals surface area (Å²) in [6, 6.07) is 4.83. The Kier molecular flexibility index (Phi) is 3.64. The van der Waals surface area contributed by atoms with Gasteiger partial charge in [0, 0.05) is 18.7 Å². The molecule has 1 N–H and O–H groups in total. The number of halogens is 1. The maximum absolute atomic E-state index is 13.9. The Hall–Kier alpha value is -1.13. The minimum atomic E-state index is -0.668. The van der Waals surface area contributed by atoms with Gasteiger partial charge in [0.1, 0.15) is 5.82 Å². The van der Waals surface area contributed by atoms with Crippen molar-refractivity contribution in [3.8, 4) is 0 Å². The number of ether oxygens (including phenoxy) is 1. The highest BCUT2D eigenvalue weighted by atomic mass is 19.1. The molecule has 1 unspecified atom stereocenters. The number of nitrogens with zero attached hydrogens (tertiary/aromatic N) is 1. The molecule has 2 rings (SSSR count). The Morgan fingerprint density at radius 2 is 2.29 bits per heavy atom. The van der Waals surface area contributed by atoms with Gasteiger partial charge in [-0.1, -0.05) is 12.1 Å². The number of aliphatic hydroxyl groups is 1. The molecule has 17 heavy (non-hydrogen) atoms. The molecule has 94 valence electrons. The lowest BCUT2D eigenvalue weighted by Gasteiger charge is -2.34. The summed E-state index contributed by atoms with van der Waals surface area (Å²) in [6.45, 7) is 5.53. The van der Waals surface area contributed by atoms with Crippen molar-refractivity contribution in [3.05, 3.63) is 29.6 Å². The van der Waals surface area contributed by atoms with Crippen LogP contribution in [0, 0.1) is 5.82 Å². The lowest BCUT2D eigenvalue weighted by Crippen LogP contribution is -2.42. The van der Waals surface area contributed by atoms with E-state index in [-0.39, 0.29) is 11.9 Å². The van der Waals surface area contributed by atoms with Crippen LogP contribution in [0.25, 0.3) is 0 Å². The zero-order valence-corrected chi connectivity index (χ0v) is 10.2.